The maximum absolute atomic E-state index is 11.8. The van der Waals surface area contributed by atoms with Gasteiger partial charge in [0.05, 0.1) is 0 Å². The number of hydrogen-bond donors (Lipinski definition) is 2. The molecule has 0 aliphatic rings. The molecule has 5 heteroatoms. The molecule has 0 radical (unpaired) electrons. The standard InChI is InChI=1S/C13H18N2O2S/c1-14-13(17)12(10-6-4-3-5-7-10)15-11(16)8-9-18-2/h3-7,12H,8-9H2,1-2H3,(H,14,17)(H,15,16). The Hall–Kier alpha value is -1.49. The Morgan fingerprint density at radius 3 is 2.50 bits per heavy atom. The molecule has 0 bridgehead atoms. The predicted molar refractivity (Wildman–Crippen MR) is 74.4 cm³/mol. The summed E-state index contributed by atoms with van der Waals surface area (Å²) < 4.78 is 0. The second-order valence-electron chi connectivity index (χ2n) is 3.77. The Kier molecular flexibility index (Phi) is 6.28. The van der Waals surface area contributed by atoms with Crippen LogP contribution in [-0.2, 0) is 9.59 Å². The summed E-state index contributed by atoms with van der Waals surface area (Å²) in [7, 11) is 1.56. The molecule has 0 fully saturated rings. The number of hydrogen-bond acceptors (Lipinski definition) is 3. The smallest absolute Gasteiger partial charge is 0.246 e. The third-order valence-corrected chi connectivity index (χ3v) is 3.09. The molecule has 2 N–H and O–H groups in total. The van der Waals surface area contributed by atoms with Crippen molar-refractivity contribution < 1.29 is 9.59 Å². The van der Waals surface area contributed by atoms with Crippen molar-refractivity contribution in [3.8, 4) is 0 Å². The van der Waals surface area contributed by atoms with E-state index in [1.807, 2.05) is 36.6 Å². The van der Waals surface area contributed by atoms with Crippen LogP contribution < -0.4 is 10.6 Å². The van der Waals surface area contributed by atoms with E-state index in [1.54, 1.807) is 18.8 Å². The highest BCUT2D eigenvalue weighted by Gasteiger charge is 2.20. The number of nitrogens with one attached hydrogen (secondary N) is 2. The summed E-state index contributed by atoms with van der Waals surface area (Å²) in [6.07, 6.45) is 2.36. The third-order valence-electron chi connectivity index (χ3n) is 2.48. The average Bonchev–Trinajstić information content (AvgIpc) is 2.42. The summed E-state index contributed by atoms with van der Waals surface area (Å²) in [5.74, 6) is 0.432. The fraction of sp³-hybridized carbons (Fsp3) is 0.385. The predicted octanol–water partition coefficient (Wildman–Crippen LogP) is 1.34. The van der Waals surface area contributed by atoms with Gasteiger partial charge in [-0.3, -0.25) is 9.59 Å². The van der Waals surface area contributed by atoms with E-state index >= 15 is 0 Å². The maximum Gasteiger partial charge on any atom is 0.246 e. The van der Waals surface area contributed by atoms with Gasteiger partial charge >= 0.3 is 0 Å². The first-order valence-electron chi connectivity index (χ1n) is 5.74. The summed E-state index contributed by atoms with van der Waals surface area (Å²) in [6.45, 7) is 0. The lowest BCUT2D eigenvalue weighted by molar-refractivity contribution is -0.128. The number of benzene rings is 1. The molecular formula is C13H18N2O2S. The first-order valence-corrected chi connectivity index (χ1v) is 7.13. The number of thioether (sulfide) groups is 1. The molecule has 0 saturated heterocycles. The molecule has 0 heterocycles. The van der Waals surface area contributed by atoms with Gasteiger partial charge in [0, 0.05) is 19.2 Å². The van der Waals surface area contributed by atoms with Gasteiger partial charge in [-0.1, -0.05) is 30.3 Å². The van der Waals surface area contributed by atoms with E-state index in [1.165, 1.54) is 0 Å². The molecule has 0 saturated carbocycles. The van der Waals surface area contributed by atoms with Crippen LogP contribution in [0.5, 0.6) is 0 Å². The van der Waals surface area contributed by atoms with Crippen LogP contribution >= 0.6 is 11.8 Å². The van der Waals surface area contributed by atoms with Gasteiger partial charge < -0.3 is 10.6 Å². The average molecular weight is 266 g/mol. The van der Waals surface area contributed by atoms with Crippen LogP contribution in [0.3, 0.4) is 0 Å². The molecule has 2 amide bonds. The highest BCUT2D eigenvalue weighted by molar-refractivity contribution is 7.98. The van der Waals surface area contributed by atoms with Crippen molar-refractivity contribution in [2.24, 2.45) is 0 Å². The largest absolute Gasteiger partial charge is 0.357 e. The minimum Gasteiger partial charge on any atom is -0.357 e. The summed E-state index contributed by atoms with van der Waals surface area (Å²) >= 11 is 1.61. The van der Waals surface area contributed by atoms with E-state index in [2.05, 4.69) is 10.6 Å². The number of carbonyl (C=O) groups is 2. The molecule has 1 aromatic rings. The molecule has 1 unspecified atom stereocenters. The first-order chi connectivity index (χ1) is 8.69. The van der Waals surface area contributed by atoms with E-state index in [0.29, 0.717) is 6.42 Å². The zero-order chi connectivity index (χ0) is 13.4. The quantitative estimate of drug-likeness (QED) is 0.817. The fourth-order valence-corrected chi connectivity index (χ4v) is 1.91. The molecule has 1 rings (SSSR count). The second-order valence-corrected chi connectivity index (χ2v) is 4.75. The minimum atomic E-state index is -0.620. The van der Waals surface area contributed by atoms with Crippen LogP contribution in [0, 0.1) is 0 Å². The Labute approximate surface area is 112 Å². The summed E-state index contributed by atoms with van der Waals surface area (Å²) in [4.78, 5) is 23.5. The third kappa shape index (κ3) is 4.41. The van der Waals surface area contributed by atoms with Gasteiger partial charge in [-0.15, -0.1) is 0 Å². The number of rotatable bonds is 6. The zero-order valence-electron chi connectivity index (χ0n) is 10.6. The summed E-state index contributed by atoms with van der Waals surface area (Å²) in [6, 6.07) is 8.60. The lowest BCUT2D eigenvalue weighted by Gasteiger charge is -2.17. The summed E-state index contributed by atoms with van der Waals surface area (Å²) in [5, 5.41) is 5.32. The molecule has 98 valence electrons. The van der Waals surface area contributed by atoms with Crippen molar-refractivity contribution in [3.05, 3.63) is 35.9 Å². The molecule has 0 aliphatic carbocycles. The Morgan fingerprint density at radius 1 is 1.28 bits per heavy atom. The topological polar surface area (TPSA) is 58.2 Å². The molecule has 0 spiro atoms. The SMILES string of the molecule is CNC(=O)C(NC(=O)CCSC)c1ccccc1. The van der Waals surface area contributed by atoms with Gasteiger partial charge in [0.2, 0.25) is 11.8 Å². The van der Waals surface area contributed by atoms with E-state index in [9.17, 15) is 9.59 Å². The lowest BCUT2D eigenvalue weighted by Crippen LogP contribution is -2.39. The lowest BCUT2D eigenvalue weighted by atomic mass is 10.1. The fourth-order valence-electron chi connectivity index (χ4n) is 1.52. The number of carbonyl (C=O) groups excluding carboxylic acids is 2. The normalized spacial score (nSPS) is 11.7. The van der Waals surface area contributed by atoms with Crippen LogP contribution in [0.15, 0.2) is 30.3 Å². The van der Waals surface area contributed by atoms with Crippen LogP contribution in [0.4, 0.5) is 0 Å². The molecule has 18 heavy (non-hydrogen) atoms. The zero-order valence-corrected chi connectivity index (χ0v) is 11.4. The van der Waals surface area contributed by atoms with Crippen molar-refractivity contribution in [2.75, 3.05) is 19.1 Å². The number of amides is 2. The minimum absolute atomic E-state index is 0.109. The molecule has 0 aromatic heterocycles. The molecule has 1 aromatic carbocycles. The van der Waals surface area contributed by atoms with Crippen LogP contribution in [0.1, 0.15) is 18.0 Å². The number of likely N-dealkylation sites (N-methyl/N-ethyl adjacent to an activating group) is 1. The molecular weight excluding hydrogens is 248 g/mol. The van der Waals surface area contributed by atoms with Crippen molar-refractivity contribution in [1.82, 2.24) is 10.6 Å². The van der Waals surface area contributed by atoms with Gasteiger partial charge in [-0.2, -0.15) is 11.8 Å². The van der Waals surface area contributed by atoms with Gasteiger partial charge in [-0.05, 0) is 11.8 Å². The molecule has 4 nitrogen and oxygen atoms in total. The Morgan fingerprint density at radius 2 is 1.94 bits per heavy atom. The monoisotopic (exact) mass is 266 g/mol. The van der Waals surface area contributed by atoms with Crippen molar-refractivity contribution in [2.45, 2.75) is 12.5 Å². The van der Waals surface area contributed by atoms with Crippen LogP contribution in [-0.4, -0.2) is 30.9 Å². The van der Waals surface area contributed by atoms with Gasteiger partial charge in [0.15, 0.2) is 0 Å². The summed E-state index contributed by atoms with van der Waals surface area (Å²) in [5.41, 5.74) is 0.786. The van der Waals surface area contributed by atoms with E-state index in [-0.39, 0.29) is 11.8 Å². The Bertz CT molecular complexity index is 395. The highest BCUT2D eigenvalue weighted by atomic mass is 32.2. The van der Waals surface area contributed by atoms with Gasteiger partial charge in [-0.25, -0.2) is 0 Å². The molecule has 1 atom stereocenters. The highest BCUT2D eigenvalue weighted by Crippen LogP contribution is 2.13. The van der Waals surface area contributed by atoms with Crippen LogP contribution in [0.25, 0.3) is 0 Å². The van der Waals surface area contributed by atoms with Crippen LogP contribution in [0.2, 0.25) is 0 Å². The van der Waals surface area contributed by atoms with E-state index in [4.69, 9.17) is 0 Å². The van der Waals surface area contributed by atoms with E-state index < -0.39 is 6.04 Å². The maximum atomic E-state index is 11.8. The molecule has 0 aliphatic heterocycles. The first kappa shape index (κ1) is 14.6. The Balaban J connectivity index is 2.74. The van der Waals surface area contributed by atoms with Gasteiger partial charge in [0.25, 0.3) is 0 Å². The second kappa shape index (κ2) is 7.76. The van der Waals surface area contributed by atoms with E-state index in [0.717, 1.165) is 11.3 Å². The van der Waals surface area contributed by atoms with Gasteiger partial charge in [0.1, 0.15) is 6.04 Å². The van der Waals surface area contributed by atoms with Crippen molar-refractivity contribution in [3.63, 3.8) is 0 Å². The van der Waals surface area contributed by atoms with Crippen molar-refractivity contribution >= 4 is 23.6 Å². The van der Waals surface area contributed by atoms with Crippen molar-refractivity contribution in [1.29, 1.82) is 0 Å².